The molecule has 37 heavy (non-hydrogen) atoms. The van der Waals surface area contributed by atoms with Gasteiger partial charge in [0.05, 0.1) is 28.4 Å². The van der Waals surface area contributed by atoms with Crippen molar-refractivity contribution >= 4 is 27.5 Å². The number of rotatable bonds is 7. The van der Waals surface area contributed by atoms with Gasteiger partial charge in [-0.1, -0.05) is 36.4 Å². The van der Waals surface area contributed by atoms with Gasteiger partial charge in [-0.2, -0.15) is 5.26 Å². The van der Waals surface area contributed by atoms with Crippen molar-refractivity contribution in [3.63, 3.8) is 0 Å². The molecule has 182 valence electrons. The van der Waals surface area contributed by atoms with Crippen molar-refractivity contribution < 1.29 is 13.6 Å². The molecule has 0 radical (unpaired) electrons. The lowest BCUT2D eigenvalue weighted by Gasteiger charge is -2.06. The molecule has 8 nitrogen and oxygen atoms in total. The van der Waals surface area contributed by atoms with E-state index < -0.39 is 5.54 Å². The van der Waals surface area contributed by atoms with Crippen LogP contribution in [0.1, 0.15) is 29.6 Å². The van der Waals surface area contributed by atoms with Crippen molar-refractivity contribution in [2.45, 2.75) is 31.2 Å². The number of aromatic nitrogens is 4. The van der Waals surface area contributed by atoms with E-state index in [0.29, 0.717) is 39.2 Å². The molecular formula is C27H19FN6O2S. The standard InChI is InChI=1S/C27H19FN6O2S/c28-25-18(17-6-8-19(30-14-17)16-4-2-1-3-5-16)7-9-20-26(25)37-24(31-20)13-23-34-33-22(36-23)12-21(35)32-27(15-29)10-11-27/h1-9,14H,10-13H2,(H,32,35). The Labute approximate surface area is 214 Å². The fourth-order valence-electron chi connectivity index (χ4n) is 4.04. The van der Waals surface area contributed by atoms with Gasteiger partial charge in [-0.15, -0.1) is 21.5 Å². The Kier molecular flexibility index (Phi) is 5.70. The molecule has 10 heteroatoms. The summed E-state index contributed by atoms with van der Waals surface area (Å²) in [7, 11) is 0. The first kappa shape index (κ1) is 22.9. The van der Waals surface area contributed by atoms with Gasteiger partial charge in [-0.25, -0.2) is 9.37 Å². The van der Waals surface area contributed by atoms with E-state index in [1.165, 1.54) is 11.3 Å². The molecule has 0 unspecified atom stereocenters. The maximum absolute atomic E-state index is 15.5. The first-order chi connectivity index (χ1) is 18.0. The largest absolute Gasteiger partial charge is 0.424 e. The van der Waals surface area contributed by atoms with Crippen molar-refractivity contribution in [2.24, 2.45) is 0 Å². The molecule has 0 bridgehead atoms. The molecule has 2 aromatic carbocycles. The Hall–Kier alpha value is -4.49. The number of amides is 1. The highest BCUT2D eigenvalue weighted by Gasteiger charge is 2.44. The number of nitriles is 1. The summed E-state index contributed by atoms with van der Waals surface area (Å²) in [5.41, 5.74) is 2.74. The van der Waals surface area contributed by atoms with E-state index in [9.17, 15) is 4.79 Å². The van der Waals surface area contributed by atoms with Crippen molar-refractivity contribution in [1.82, 2.24) is 25.5 Å². The van der Waals surface area contributed by atoms with E-state index in [1.54, 1.807) is 18.3 Å². The topological polar surface area (TPSA) is 118 Å². The van der Waals surface area contributed by atoms with Gasteiger partial charge in [-0.05, 0) is 31.0 Å². The predicted molar refractivity (Wildman–Crippen MR) is 135 cm³/mol. The summed E-state index contributed by atoms with van der Waals surface area (Å²) in [4.78, 5) is 21.2. The molecule has 3 heterocycles. The Balaban J connectivity index is 1.18. The number of benzene rings is 2. The summed E-state index contributed by atoms with van der Waals surface area (Å²) < 4.78 is 21.5. The van der Waals surface area contributed by atoms with E-state index in [4.69, 9.17) is 9.68 Å². The molecule has 1 saturated carbocycles. The number of halogens is 1. The quantitative estimate of drug-likeness (QED) is 0.332. The van der Waals surface area contributed by atoms with Gasteiger partial charge >= 0.3 is 0 Å². The van der Waals surface area contributed by atoms with Crippen LogP contribution in [0.2, 0.25) is 0 Å². The number of thiazole rings is 1. The molecule has 0 spiro atoms. The number of pyridine rings is 1. The van der Waals surface area contributed by atoms with Crippen LogP contribution in [-0.4, -0.2) is 31.6 Å². The average Bonchev–Trinajstić information content (AvgIpc) is 3.34. The van der Waals surface area contributed by atoms with Gasteiger partial charge in [-0.3, -0.25) is 9.78 Å². The van der Waals surface area contributed by atoms with Crippen LogP contribution in [0.25, 0.3) is 32.6 Å². The summed E-state index contributed by atoms with van der Waals surface area (Å²) in [5, 5.41) is 20.3. The lowest BCUT2D eigenvalue weighted by molar-refractivity contribution is -0.121. The highest BCUT2D eigenvalue weighted by Crippen LogP contribution is 2.35. The van der Waals surface area contributed by atoms with Crippen LogP contribution in [-0.2, 0) is 17.6 Å². The number of carbonyl (C=O) groups excluding carboxylic acids is 1. The number of fused-ring (bicyclic) bond motifs is 1. The van der Waals surface area contributed by atoms with Crippen LogP contribution < -0.4 is 5.32 Å². The minimum Gasteiger partial charge on any atom is -0.424 e. The molecule has 1 aliphatic rings. The van der Waals surface area contributed by atoms with Crippen LogP contribution in [0, 0.1) is 17.1 Å². The highest BCUT2D eigenvalue weighted by molar-refractivity contribution is 7.18. The van der Waals surface area contributed by atoms with Crippen molar-refractivity contribution in [2.75, 3.05) is 0 Å². The SMILES string of the molecule is N#CC1(NC(=O)Cc2nnc(Cc3nc4ccc(-c5ccc(-c6ccccc6)nc5)c(F)c4s3)o2)CC1. The molecule has 1 fully saturated rings. The zero-order chi connectivity index (χ0) is 25.4. The minimum absolute atomic E-state index is 0.106. The Morgan fingerprint density at radius 1 is 1.08 bits per heavy atom. The molecule has 1 N–H and O–H groups in total. The molecule has 6 rings (SSSR count). The van der Waals surface area contributed by atoms with E-state index >= 15 is 4.39 Å². The second kappa shape index (κ2) is 9.19. The van der Waals surface area contributed by atoms with E-state index in [1.807, 2.05) is 42.5 Å². The van der Waals surface area contributed by atoms with E-state index in [-0.39, 0.29) is 36.3 Å². The van der Waals surface area contributed by atoms with Crippen LogP contribution >= 0.6 is 11.3 Å². The van der Waals surface area contributed by atoms with Crippen molar-refractivity contribution in [3.8, 4) is 28.5 Å². The summed E-state index contributed by atoms with van der Waals surface area (Å²) >= 11 is 1.22. The van der Waals surface area contributed by atoms with Crippen molar-refractivity contribution in [3.05, 3.63) is 83.4 Å². The van der Waals surface area contributed by atoms with Crippen molar-refractivity contribution in [1.29, 1.82) is 5.26 Å². The number of carbonyl (C=O) groups is 1. The maximum atomic E-state index is 15.5. The lowest BCUT2D eigenvalue weighted by atomic mass is 10.0. The Bertz CT molecular complexity index is 1650. The molecule has 1 aliphatic carbocycles. The molecule has 1 amide bonds. The third-order valence-corrected chi connectivity index (χ3v) is 7.21. The number of nitrogens with one attached hydrogen (secondary N) is 1. The number of hydrogen-bond donors (Lipinski definition) is 1. The average molecular weight is 511 g/mol. The zero-order valence-electron chi connectivity index (χ0n) is 19.4. The number of nitrogens with zero attached hydrogens (tertiary/aromatic N) is 5. The molecule has 5 aromatic rings. The van der Waals surface area contributed by atoms with Gasteiger partial charge in [0, 0.05) is 22.9 Å². The molecule has 0 atom stereocenters. The van der Waals surface area contributed by atoms with Gasteiger partial charge in [0.15, 0.2) is 5.82 Å². The lowest BCUT2D eigenvalue weighted by Crippen LogP contribution is -2.36. The second-order valence-electron chi connectivity index (χ2n) is 8.87. The molecule has 3 aromatic heterocycles. The Morgan fingerprint density at radius 2 is 1.89 bits per heavy atom. The van der Waals surface area contributed by atoms with Gasteiger partial charge < -0.3 is 9.73 Å². The number of hydrogen-bond acceptors (Lipinski definition) is 8. The summed E-state index contributed by atoms with van der Waals surface area (Å²) in [6.07, 6.45) is 3.08. The van der Waals surface area contributed by atoms with Crippen LogP contribution in [0.5, 0.6) is 0 Å². The molecule has 0 saturated heterocycles. The van der Waals surface area contributed by atoms with Crippen LogP contribution in [0.4, 0.5) is 4.39 Å². The highest BCUT2D eigenvalue weighted by atomic mass is 32.1. The summed E-state index contributed by atoms with van der Waals surface area (Å²) in [6, 6.07) is 19.1. The normalized spacial score (nSPS) is 13.8. The fourth-order valence-corrected chi connectivity index (χ4v) is 5.03. The van der Waals surface area contributed by atoms with Gasteiger partial charge in [0.25, 0.3) is 0 Å². The first-order valence-electron chi connectivity index (χ1n) is 11.7. The zero-order valence-corrected chi connectivity index (χ0v) is 20.3. The Morgan fingerprint density at radius 3 is 2.62 bits per heavy atom. The van der Waals surface area contributed by atoms with Crippen LogP contribution in [0.15, 0.2) is 65.2 Å². The smallest absolute Gasteiger partial charge is 0.230 e. The maximum Gasteiger partial charge on any atom is 0.230 e. The summed E-state index contributed by atoms with van der Waals surface area (Å²) in [5.74, 6) is -0.257. The van der Waals surface area contributed by atoms with Crippen LogP contribution in [0.3, 0.4) is 0 Å². The third kappa shape index (κ3) is 4.69. The molecule has 0 aliphatic heterocycles. The first-order valence-corrected chi connectivity index (χ1v) is 12.5. The fraction of sp³-hybridized carbons (Fsp3) is 0.185. The van der Waals surface area contributed by atoms with Gasteiger partial charge in [0.1, 0.15) is 17.0 Å². The monoisotopic (exact) mass is 510 g/mol. The van der Waals surface area contributed by atoms with E-state index in [2.05, 4.69) is 31.6 Å². The predicted octanol–water partition coefficient (Wildman–Crippen LogP) is 4.85. The summed E-state index contributed by atoms with van der Waals surface area (Å²) in [6.45, 7) is 0. The second-order valence-corrected chi connectivity index (χ2v) is 9.95. The third-order valence-electron chi connectivity index (χ3n) is 6.15. The minimum atomic E-state index is -0.746. The van der Waals surface area contributed by atoms with Gasteiger partial charge in [0.2, 0.25) is 17.7 Å². The van der Waals surface area contributed by atoms with E-state index in [0.717, 1.165) is 11.3 Å². The molecular weight excluding hydrogens is 491 g/mol.